The van der Waals surface area contributed by atoms with Crippen LogP contribution in [0.1, 0.15) is 25.0 Å². The number of carbonyl (C=O) groups is 1. The van der Waals surface area contributed by atoms with Crippen LogP contribution in [0.5, 0.6) is 5.75 Å². The highest BCUT2D eigenvalue weighted by Gasteiger charge is 2.33. The van der Waals surface area contributed by atoms with E-state index in [0.29, 0.717) is 20.5 Å². The maximum Gasteiger partial charge on any atom is 0.266 e. The number of carbonyl (C=O) groups excluding carboxylic acids is 1. The fraction of sp³-hybridized carbons (Fsp3) is 0.200. The molecule has 0 spiro atoms. The number of hydrogen-bond acceptors (Lipinski definition) is 4. The molecule has 2 aromatic carbocycles. The Bertz CT molecular complexity index is 862. The Morgan fingerprint density at radius 2 is 1.88 bits per heavy atom. The van der Waals surface area contributed by atoms with Gasteiger partial charge in [0, 0.05) is 11.6 Å². The standard InChI is InChI=1S/C20H18FNO2S2/c1-13(2)22-19(23)18(26-20(22)25)11-14-7-9-16(10-8-14)24-12-15-5-3-4-6-17(15)21/h3-11,13H,12H2,1-2H3. The van der Waals surface area contributed by atoms with Gasteiger partial charge in [-0.15, -0.1) is 0 Å². The van der Waals surface area contributed by atoms with Crippen molar-refractivity contribution in [1.82, 2.24) is 4.90 Å². The van der Waals surface area contributed by atoms with Crippen molar-refractivity contribution >= 4 is 40.3 Å². The van der Waals surface area contributed by atoms with Crippen molar-refractivity contribution < 1.29 is 13.9 Å². The molecule has 1 aliphatic rings. The summed E-state index contributed by atoms with van der Waals surface area (Å²) in [5.74, 6) is 0.298. The van der Waals surface area contributed by atoms with Crippen LogP contribution >= 0.6 is 24.0 Å². The predicted octanol–water partition coefficient (Wildman–Crippen LogP) is 5.01. The number of thioether (sulfide) groups is 1. The smallest absolute Gasteiger partial charge is 0.266 e. The predicted molar refractivity (Wildman–Crippen MR) is 107 cm³/mol. The minimum Gasteiger partial charge on any atom is -0.489 e. The lowest BCUT2D eigenvalue weighted by molar-refractivity contribution is -0.123. The highest BCUT2D eigenvalue weighted by molar-refractivity contribution is 8.26. The molecule has 1 saturated heterocycles. The van der Waals surface area contributed by atoms with Crippen molar-refractivity contribution in [2.75, 3.05) is 0 Å². The summed E-state index contributed by atoms with van der Waals surface area (Å²) in [5.41, 5.74) is 1.39. The van der Waals surface area contributed by atoms with E-state index in [1.165, 1.54) is 17.8 Å². The molecule has 0 aliphatic carbocycles. The molecular formula is C20H18FNO2S2. The van der Waals surface area contributed by atoms with Gasteiger partial charge < -0.3 is 4.74 Å². The Morgan fingerprint density at radius 1 is 1.19 bits per heavy atom. The highest BCUT2D eigenvalue weighted by atomic mass is 32.2. The van der Waals surface area contributed by atoms with Gasteiger partial charge in [0.25, 0.3) is 5.91 Å². The minimum atomic E-state index is -0.281. The second-order valence-corrected chi connectivity index (χ2v) is 7.77. The molecule has 0 unspecified atom stereocenters. The number of thiocarbonyl (C=S) groups is 1. The van der Waals surface area contributed by atoms with Gasteiger partial charge in [-0.25, -0.2) is 4.39 Å². The van der Waals surface area contributed by atoms with Gasteiger partial charge in [-0.1, -0.05) is 54.3 Å². The van der Waals surface area contributed by atoms with Crippen LogP contribution in [-0.2, 0) is 11.4 Å². The topological polar surface area (TPSA) is 29.5 Å². The van der Waals surface area contributed by atoms with E-state index in [1.807, 2.05) is 32.1 Å². The van der Waals surface area contributed by atoms with E-state index in [9.17, 15) is 9.18 Å². The quantitative estimate of drug-likeness (QED) is 0.533. The van der Waals surface area contributed by atoms with E-state index >= 15 is 0 Å². The van der Waals surface area contributed by atoms with Gasteiger partial charge in [-0.05, 0) is 43.7 Å². The third-order valence-corrected chi connectivity index (χ3v) is 5.20. The number of hydrogen-bond donors (Lipinski definition) is 0. The Morgan fingerprint density at radius 3 is 2.50 bits per heavy atom. The molecular weight excluding hydrogens is 369 g/mol. The molecule has 2 aromatic rings. The SMILES string of the molecule is CC(C)N1C(=O)C(=Cc2ccc(OCc3ccccc3F)cc2)SC1=S. The van der Waals surface area contributed by atoms with Gasteiger partial charge in [0.1, 0.15) is 22.5 Å². The summed E-state index contributed by atoms with van der Waals surface area (Å²) >= 11 is 6.59. The van der Waals surface area contributed by atoms with Gasteiger partial charge in [0.05, 0.1) is 4.91 Å². The van der Waals surface area contributed by atoms with E-state index in [2.05, 4.69) is 0 Å². The van der Waals surface area contributed by atoms with E-state index in [0.717, 1.165) is 5.56 Å². The molecule has 0 bridgehead atoms. The van der Waals surface area contributed by atoms with Crippen LogP contribution in [0.3, 0.4) is 0 Å². The lowest BCUT2D eigenvalue weighted by Gasteiger charge is -2.18. The number of benzene rings is 2. The van der Waals surface area contributed by atoms with Gasteiger partial charge >= 0.3 is 0 Å². The first-order valence-corrected chi connectivity index (χ1v) is 9.41. The Balaban J connectivity index is 1.67. The Kier molecular flexibility index (Phi) is 5.74. The highest BCUT2D eigenvalue weighted by Crippen LogP contribution is 2.34. The van der Waals surface area contributed by atoms with Crippen molar-refractivity contribution in [3.63, 3.8) is 0 Å². The first-order chi connectivity index (χ1) is 12.5. The van der Waals surface area contributed by atoms with Crippen LogP contribution in [0.25, 0.3) is 6.08 Å². The summed E-state index contributed by atoms with van der Waals surface area (Å²) in [5, 5.41) is 0. The van der Waals surface area contributed by atoms with Crippen molar-refractivity contribution in [2.45, 2.75) is 26.5 Å². The molecule has 134 valence electrons. The van der Waals surface area contributed by atoms with E-state index in [4.69, 9.17) is 17.0 Å². The van der Waals surface area contributed by atoms with E-state index < -0.39 is 0 Å². The second-order valence-electron chi connectivity index (χ2n) is 6.09. The zero-order valence-corrected chi connectivity index (χ0v) is 16.1. The minimum absolute atomic E-state index is 0.0440. The first-order valence-electron chi connectivity index (χ1n) is 8.19. The van der Waals surface area contributed by atoms with Crippen molar-refractivity contribution in [3.05, 3.63) is 70.4 Å². The number of amides is 1. The van der Waals surface area contributed by atoms with Crippen LogP contribution in [-0.4, -0.2) is 21.2 Å². The fourth-order valence-electron chi connectivity index (χ4n) is 2.51. The number of nitrogens with zero attached hydrogens (tertiary/aromatic N) is 1. The van der Waals surface area contributed by atoms with E-state index in [1.54, 1.807) is 35.2 Å². The number of rotatable bonds is 5. The molecule has 0 atom stereocenters. The van der Waals surface area contributed by atoms with Gasteiger partial charge in [0.2, 0.25) is 0 Å². The monoisotopic (exact) mass is 387 g/mol. The molecule has 0 radical (unpaired) electrons. The second kappa shape index (κ2) is 8.01. The molecule has 3 nitrogen and oxygen atoms in total. The maximum absolute atomic E-state index is 13.6. The van der Waals surface area contributed by atoms with Gasteiger partial charge in [-0.2, -0.15) is 0 Å². The molecule has 3 rings (SSSR count). The van der Waals surface area contributed by atoms with Crippen molar-refractivity contribution in [3.8, 4) is 5.75 Å². The lowest BCUT2D eigenvalue weighted by Crippen LogP contribution is -2.34. The van der Waals surface area contributed by atoms with Crippen molar-refractivity contribution in [2.24, 2.45) is 0 Å². The molecule has 1 fully saturated rings. The molecule has 0 N–H and O–H groups in total. The average Bonchev–Trinajstić information content (AvgIpc) is 2.89. The summed E-state index contributed by atoms with van der Waals surface area (Å²) in [4.78, 5) is 14.6. The molecule has 1 heterocycles. The zero-order valence-electron chi connectivity index (χ0n) is 14.4. The van der Waals surface area contributed by atoms with Crippen LogP contribution in [0.15, 0.2) is 53.4 Å². The van der Waals surface area contributed by atoms with Crippen molar-refractivity contribution in [1.29, 1.82) is 0 Å². The van der Waals surface area contributed by atoms with Gasteiger partial charge in [-0.3, -0.25) is 9.69 Å². The molecule has 0 saturated carbocycles. The van der Waals surface area contributed by atoms with E-state index in [-0.39, 0.29) is 24.4 Å². The number of halogens is 1. The van der Waals surface area contributed by atoms with Crippen LogP contribution in [0.4, 0.5) is 4.39 Å². The Hall–Kier alpha value is -2.18. The van der Waals surface area contributed by atoms with Crippen LogP contribution in [0, 0.1) is 5.82 Å². The first kappa shape index (κ1) is 18.6. The largest absolute Gasteiger partial charge is 0.489 e. The molecule has 0 aromatic heterocycles. The van der Waals surface area contributed by atoms with Crippen LogP contribution in [0.2, 0.25) is 0 Å². The molecule has 6 heteroatoms. The maximum atomic E-state index is 13.6. The third kappa shape index (κ3) is 4.14. The third-order valence-electron chi connectivity index (χ3n) is 3.87. The molecule has 1 amide bonds. The lowest BCUT2D eigenvalue weighted by atomic mass is 10.2. The fourth-order valence-corrected chi connectivity index (χ4v) is 4.04. The summed E-state index contributed by atoms with van der Waals surface area (Å²) in [7, 11) is 0. The summed E-state index contributed by atoms with van der Waals surface area (Å²) < 4.78 is 19.8. The number of ether oxygens (including phenoxy) is 1. The molecule has 26 heavy (non-hydrogen) atoms. The Labute approximate surface area is 161 Å². The summed E-state index contributed by atoms with van der Waals surface area (Å²) in [6, 6.07) is 13.9. The average molecular weight is 388 g/mol. The zero-order chi connectivity index (χ0) is 18.7. The summed E-state index contributed by atoms with van der Waals surface area (Å²) in [6.45, 7) is 4.05. The van der Waals surface area contributed by atoms with Gasteiger partial charge in [0.15, 0.2) is 0 Å². The summed E-state index contributed by atoms with van der Waals surface area (Å²) in [6.07, 6.45) is 1.82. The normalized spacial score (nSPS) is 16.0. The molecule has 1 aliphatic heterocycles. The van der Waals surface area contributed by atoms with Crippen LogP contribution < -0.4 is 4.74 Å².